The summed E-state index contributed by atoms with van der Waals surface area (Å²) < 4.78 is 23.9. The Morgan fingerprint density at radius 3 is 2.37 bits per heavy atom. The Kier molecular flexibility index (Phi) is 3.87. The first kappa shape index (κ1) is 14.3. The number of nitrogens with zero attached hydrogens (tertiary/aromatic N) is 1. The quantitative estimate of drug-likeness (QED) is 0.844. The molecule has 1 N–H and O–H groups in total. The molecule has 1 saturated carbocycles. The fourth-order valence-corrected chi connectivity index (χ4v) is 3.98. The molecule has 2 aliphatic rings. The van der Waals surface area contributed by atoms with Crippen LogP contribution < -0.4 is 0 Å². The van der Waals surface area contributed by atoms with Crippen LogP contribution in [0, 0.1) is 11.8 Å². The van der Waals surface area contributed by atoms with Crippen molar-refractivity contribution in [1.29, 1.82) is 0 Å². The zero-order valence-corrected chi connectivity index (χ0v) is 11.7. The zero-order valence-electron chi connectivity index (χ0n) is 10.1. The first-order chi connectivity index (χ1) is 8.82. The van der Waals surface area contributed by atoms with E-state index in [-0.39, 0.29) is 18.4 Å². The van der Waals surface area contributed by atoms with Gasteiger partial charge in [0.2, 0.25) is 0 Å². The fraction of sp³-hybridized carbons (Fsp3) is 0.636. The molecule has 6 nitrogen and oxygen atoms in total. The molecule has 1 amide bonds. The van der Waals surface area contributed by atoms with Crippen LogP contribution in [0.4, 0.5) is 0 Å². The minimum absolute atomic E-state index is 0.00490. The van der Waals surface area contributed by atoms with E-state index in [4.69, 9.17) is 16.7 Å². The van der Waals surface area contributed by atoms with Crippen LogP contribution in [0.25, 0.3) is 0 Å². The van der Waals surface area contributed by atoms with Gasteiger partial charge in [-0.3, -0.25) is 9.59 Å². The van der Waals surface area contributed by atoms with Gasteiger partial charge < -0.3 is 5.11 Å². The predicted octanol–water partition coefficient (Wildman–Crippen LogP) is 1.13. The highest BCUT2D eigenvalue weighted by molar-refractivity contribution is 7.95. The highest BCUT2D eigenvalue weighted by Gasteiger charge is 2.38. The molecule has 0 unspecified atom stereocenters. The number of rotatable bonds is 3. The highest BCUT2D eigenvalue weighted by atomic mass is 35.5. The molecule has 106 valence electrons. The van der Waals surface area contributed by atoms with Crippen LogP contribution in [0.5, 0.6) is 0 Å². The van der Waals surface area contributed by atoms with Crippen molar-refractivity contribution >= 4 is 33.5 Å². The van der Waals surface area contributed by atoms with Gasteiger partial charge >= 0.3 is 5.97 Å². The SMILES string of the molecule is O=C(O)C1CCC(CN2C(=O)C=C(Cl)S2(=O)=O)CC1. The van der Waals surface area contributed by atoms with Crippen molar-refractivity contribution in [2.45, 2.75) is 25.7 Å². The van der Waals surface area contributed by atoms with Gasteiger partial charge in [0.25, 0.3) is 15.9 Å². The topological polar surface area (TPSA) is 91.8 Å². The monoisotopic (exact) mass is 307 g/mol. The lowest BCUT2D eigenvalue weighted by molar-refractivity contribution is -0.143. The molecule has 1 fully saturated rings. The first-order valence-corrected chi connectivity index (χ1v) is 7.81. The largest absolute Gasteiger partial charge is 0.481 e. The molecule has 0 saturated heterocycles. The molecular weight excluding hydrogens is 294 g/mol. The Morgan fingerprint density at radius 1 is 1.37 bits per heavy atom. The maximum Gasteiger partial charge on any atom is 0.306 e. The van der Waals surface area contributed by atoms with Crippen molar-refractivity contribution < 1.29 is 23.1 Å². The molecule has 0 spiro atoms. The summed E-state index contributed by atoms with van der Waals surface area (Å²) in [6.07, 6.45) is 3.15. The number of amides is 1. The molecule has 19 heavy (non-hydrogen) atoms. The Balaban J connectivity index is 1.97. The maximum atomic E-state index is 11.8. The van der Waals surface area contributed by atoms with Gasteiger partial charge in [-0.15, -0.1) is 0 Å². The molecule has 0 atom stereocenters. The summed E-state index contributed by atoms with van der Waals surface area (Å²) >= 11 is 5.51. The molecule has 0 aromatic rings. The van der Waals surface area contributed by atoms with E-state index in [0.717, 1.165) is 10.4 Å². The molecule has 0 aromatic heterocycles. The Morgan fingerprint density at radius 2 is 1.95 bits per heavy atom. The number of hydrogen-bond acceptors (Lipinski definition) is 4. The summed E-state index contributed by atoms with van der Waals surface area (Å²) in [6.45, 7) is 0.0836. The predicted molar refractivity (Wildman–Crippen MR) is 67.7 cm³/mol. The van der Waals surface area contributed by atoms with Gasteiger partial charge in [-0.25, -0.2) is 12.7 Å². The number of carboxylic acids is 1. The van der Waals surface area contributed by atoms with E-state index >= 15 is 0 Å². The number of aliphatic carboxylic acids is 1. The Hall–Kier alpha value is -1.08. The molecule has 0 bridgehead atoms. The average Bonchev–Trinajstić information content (AvgIpc) is 2.53. The van der Waals surface area contributed by atoms with Crippen LogP contribution in [0.3, 0.4) is 0 Å². The molecule has 0 radical (unpaired) electrons. The molecule has 8 heteroatoms. The van der Waals surface area contributed by atoms with E-state index in [0.29, 0.717) is 25.7 Å². The minimum atomic E-state index is -3.85. The summed E-state index contributed by atoms with van der Waals surface area (Å²) in [5.74, 6) is -1.78. The van der Waals surface area contributed by atoms with E-state index in [9.17, 15) is 18.0 Å². The molecule has 1 aliphatic carbocycles. The Bertz CT molecular complexity index is 533. The van der Waals surface area contributed by atoms with Crippen molar-refractivity contribution in [3.8, 4) is 0 Å². The van der Waals surface area contributed by atoms with E-state index < -0.39 is 26.3 Å². The third-order valence-electron chi connectivity index (χ3n) is 3.64. The van der Waals surface area contributed by atoms with Crippen LogP contribution in [0.1, 0.15) is 25.7 Å². The van der Waals surface area contributed by atoms with Crippen LogP contribution >= 0.6 is 11.6 Å². The van der Waals surface area contributed by atoms with E-state index in [1.807, 2.05) is 0 Å². The van der Waals surface area contributed by atoms with Crippen LogP contribution in [-0.2, 0) is 19.6 Å². The lowest BCUT2D eigenvalue weighted by Crippen LogP contribution is -2.36. The minimum Gasteiger partial charge on any atom is -0.481 e. The summed E-state index contributed by atoms with van der Waals surface area (Å²) in [6, 6.07) is 0. The molecule has 1 heterocycles. The zero-order chi connectivity index (χ0) is 14.2. The third kappa shape index (κ3) is 2.76. The third-order valence-corrected chi connectivity index (χ3v) is 5.85. The number of sulfonamides is 1. The number of carbonyl (C=O) groups is 2. The number of carboxylic acid groups (broad SMARTS) is 1. The second-order valence-electron chi connectivity index (χ2n) is 4.88. The maximum absolute atomic E-state index is 11.8. The first-order valence-electron chi connectivity index (χ1n) is 5.99. The van der Waals surface area contributed by atoms with Crippen LogP contribution in [0.15, 0.2) is 10.4 Å². The second kappa shape index (κ2) is 5.13. The summed E-state index contributed by atoms with van der Waals surface area (Å²) in [7, 11) is -3.85. The average molecular weight is 308 g/mol. The Labute approximate surface area is 116 Å². The molecule has 1 aliphatic heterocycles. The number of hydrogen-bond donors (Lipinski definition) is 1. The van der Waals surface area contributed by atoms with Gasteiger partial charge in [-0.1, -0.05) is 11.6 Å². The number of halogens is 1. The van der Waals surface area contributed by atoms with Gasteiger partial charge in [0.15, 0.2) is 4.36 Å². The normalized spacial score (nSPS) is 30.3. The standard InChI is InChI=1S/C11H14ClNO5S/c12-9-5-10(14)13(19(9,17)18)6-7-1-3-8(4-2-7)11(15)16/h5,7-8H,1-4,6H2,(H,15,16). The second-order valence-corrected chi connectivity index (χ2v) is 7.34. The molecular formula is C11H14ClNO5S. The van der Waals surface area contributed by atoms with Gasteiger partial charge in [0.1, 0.15) is 0 Å². The van der Waals surface area contributed by atoms with Crippen LogP contribution in [0.2, 0.25) is 0 Å². The van der Waals surface area contributed by atoms with Gasteiger partial charge in [-0.05, 0) is 31.6 Å². The van der Waals surface area contributed by atoms with Crippen molar-refractivity contribution in [3.63, 3.8) is 0 Å². The van der Waals surface area contributed by atoms with Crippen molar-refractivity contribution in [2.24, 2.45) is 11.8 Å². The van der Waals surface area contributed by atoms with E-state index in [2.05, 4.69) is 0 Å². The lowest BCUT2D eigenvalue weighted by atomic mass is 9.82. The van der Waals surface area contributed by atoms with Gasteiger partial charge in [-0.2, -0.15) is 0 Å². The molecule has 0 aromatic carbocycles. The van der Waals surface area contributed by atoms with Gasteiger partial charge in [0.05, 0.1) is 5.92 Å². The van der Waals surface area contributed by atoms with Crippen molar-refractivity contribution in [1.82, 2.24) is 4.31 Å². The van der Waals surface area contributed by atoms with Gasteiger partial charge in [0, 0.05) is 12.6 Å². The molecule has 2 rings (SSSR count). The van der Waals surface area contributed by atoms with Crippen molar-refractivity contribution in [3.05, 3.63) is 10.4 Å². The summed E-state index contributed by atoms with van der Waals surface area (Å²) in [5.41, 5.74) is 0. The smallest absolute Gasteiger partial charge is 0.306 e. The summed E-state index contributed by atoms with van der Waals surface area (Å²) in [4.78, 5) is 22.4. The van der Waals surface area contributed by atoms with Crippen molar-refractivity contribution in [2.75, 3.05) is 6.54 Å². The van der Waals surface area contributed by atoms with E-state index in [1.54, 1.807) is 0 Å². The van der Waals surface area contributed by atoms with Crippen LogP contribution in [-0.4, -0.2) is 36.3 Å². The van der Waals surface area contributed by atoms with E-state index in [1.165, 1.54) is 0 Å². The fourth-order valence-electron chi connectivity index (χ4n) is 2.48. The lowest BCUT2D eigenvalue weighted by Gasteiger charge is -2.28. The summed E-state index contributed by atoms with van der Waals surface area (Å²) in [5, 5.41) is 8.88. The number of carbonyl (C=O) groups excluding carboxylic acids is 1. The highest BCUT2D eigenvalue weighted by Crippen LogP contribution is 2.32.